The molecule has 1 aromatic rings. The summed E-state index contributed by atoms with van der Waals surface area (Å²) in [6, 6.07) is 7.29. The molecule has 0 aromatic heterocycles. The van der Waals surface area contributed by atoms with Gasteiger partial charge in [0.25, 0.3) is 0 Å². The zero-order valence-electron chi connectivity index (χ0n) is 6.41. The van der Waals surface area contributed by atoms with Gasteiger partial charge in [0.15, 0.2) is 0 Å². The van der Waals surface area contributed by atoms with Gasteiger partial charge in [-0.15, -0.1) is 0 Å². The van der Waals surface area contributed by atoms with E-state index in [1.54, 1.807) is 0 Å². The van der Waals surface area contributed by atoms with Gasteiger partial charge in [-0.1, -0.05) is 0 Å². The van der Waals surface area contributed by atoms with E-state index in [4.69, 9.17) is 24.1 Å². The van der Waals surface area contributed by atoms with Gasteiger partial charge in [-0.25, -0.2) is 4.39 Å². The Morgan fingerprint density at radius 3 is 1.92 bits per heavy atom. The van der Waals surface area contributed by atoms with E-state index in [9.17, 15) is 4.39 Å². The van der Waals surface area contributed by atoms with Crippen LogP contribution < -0.4 is 6.15 Å². The summed E-state index contributed by atoms with van der Waals surface area (Å²) in [6.07, 6.45) is 0. The number of hydrogen-bond acceptors (Lipinski definition) is 2. The van der Waals surface area contributed by atoms with Crippen molar-refractivity contribution in [2.75, 3.05) is 0 Å². The maximum atomic E-state index is 12.1. The molecule has 0 aliphatic rings. The van der Waals surface area contributed by atoms with Crippen LogP contribution in [0.1, 0.15) is 5.56 Å². The Labute approximate surface area is 92.6 Å². The van der Waals surface area contributed by atoms with E-state index in [1.165, 1.54) is 24.3 Å². The predicted molar refractivity (Wildman–Crippen MR) is 47.8 cm³/mol. The van der Waals surface area contributed by atoms with Gasteiger partial charge in [-0.2, -0.15) is 5.26 Å². The zero-order chi connectivity index (χ0) is 9.40. The van der Waals surface area contributed by atoms with Gasteiger partial charge in [0.2, 0.25) is 0 Å². The SMILES string of the molecule is N.N#Cc1ccc(F)cc1.[Cl][Pt][Cl]. The zero-order valence-corrected chi connectivity index (χ0v) is 10.2. The van der Waals surface area contributed by atoms with Crippen LogP contribution >= 0.6 is 18.8 Å². The van der Waals surface area contributed by atoms with Crippen molar-refractivity contribution in [3.8, 4) is 6.07 Å². The van der Waals surface area contributed by atoms with Crippen LogP contribution in [0.2, 0.25) is 0 Å². The molecule has 76 valence electrons. The molecule has 0 atom stereocenters. The second-order valence-electron chi connectivity index (χ2n) is 1.66. The molecule has 0 aliphatic carbocycles. The number of benzene rings is 1. The number of nitriles is 1. The van der Waals surface area contributed by atoms with E-state index >= 15 is 0 Å². The Bertz CT molecular complexity index is 260. The average molecular weight is 404 g/mol. The minimum absolute atomic E-state index is 0. The van der Waals surface area contributed by atoms with E-state index in [2.05, 4.69) is 0 Å². The molecular weight excluding hydrogens is 397 g/mol. The quantitative estimate of drug-likeness (QED) is 0.722. The summed E-state index contributed by atoms with van der Waals surface area (Å²) in [5.41, 5.74) is 0.483. The topological polar surface area (TPSA) is 58.8 Å². The third kappa shape index (κ3) is 8.21. The van der Waals surface area contributed by atoms with Crippen molar-refractivity contribution in [3.63, 3.8) is 0 Å². The van der Waals surface area contributed by atoms with Gasteiger partial charge < -0.3 is 6.15 Å². The van der Waals surface area contributed by atoms with Crippen molar-refractivity contribution < 1.29 is 20.9 Å². The van der Waals surface area contributed by atoms with Gasteiger partial charge in [-0.3, -0.25) is 0 Å². The first-order chi connectivity index (χ1) is 5.74. The van der Waals surface area contributed by atoms with E-state index < -0.39 is 16.5 Å². The van der Waals surface area contributed by atoms with Crippen LogP contribution in [-0.4, -0.2) is 0 Å². The minimum atomic E-state index is -0.472. The van der Waals surface area contributed by atoms with Gasteiger partial charge in [-0.05, 0) is 24.3 Å². The Kier molecular flexibility index (Phi) is 11.7. The van der Waals surface area contributed by atoms with Crippen molar-refractivity contribution in [2.24, 2.45) is 0 Å². The molecule has 0 saturated carbocycles. The van der Waals surface area contributed by atoms with Crippen LogP contribution in [0.3, 0.4) is 0 Å². The number of nitrogens with zero attached hydrogens (tertiary/aromatic N) is 1. The van der Waals surface area contributed by atoms with Crippen LogP contribution in [0, 0.1) is 17.1 Å². The first-order valence-corrected chi connectivity index (χ1v) is 8.35. The van der Waals surface area contributed by atoms with E-state index in [0.717, 1.165) is 0 Å². The summed E-state index contributed by atoms with van der Waals surface area (Å²) in [4.78, 5) is 0. The molecular formula is C7H7Cl2FN2Pt. The molecule has 0 aliphatic heterocycles. The fraction of sp³-hybridized carbons (Fsp3) is 0. The molecule has 13 heavy (non-hydrogen) atoms. The molecule has 0 fully saturated rings. The van der Waals surface area contributed by atoms with E-state index in [1.807, 2.05) is 6.07 Å². The molecule has 1 rings (SSSR count). The second kappa shape index (κ2) is 9.95. The molecule has 0 bridgehead atoms. The standard InChI is InChI=1S/C7H4FN.2ClH.H3N.Pt/c8-7-3-1-6(5-9)2-4-7;;;;/h1-4H;2*1H;1H3;/q;;;;+2/p-2. The number of rotatable bonds is 0. The molecule has 0 spiro atoms. The van der Waals surface area contributed by atoms with Crippen molar-refractivity contribution in [1.82, 2.24) is 6.15 Å². The molecule has 0 radical (unpaired) electrons. The predicted octanol–water partition coefficient (Wildman–Crippen LogP) is 3.24. The summed E-state index contributed by atoms with van der Waals surface area (Å²) < 4.78 is 12.1. The summed E-state index contributed by atoms with van der Waals surface area (Å²) in [5.74, 6) is -0.311. The van der Waals surface area contributed by atoms with Gasteiger partial charge >= 0.3 is 35.3 Å². The second-order valence-corrected chi connectivity index (χ2v) is 4.95. The van der Waals surface area contributed by atoms with Gasteiger partial charge in [0.05, 0.1) is 11.6 Å². The van der Waals surface area contributed by atoms with Crippen LogP contribution in [0.15, 0.2) is 24.3 Å². The van der Waals surface area contributed by atoms with Crippen LogP contribution in [-0.2, 0) is 16.5 Å². The van der Waals surface area contributed by atoms with E-state index in [-0.39, 0.29) is 12.0 Å². The van der Waals surface area contributed by atoms with E-state index in [0.29, 0.717) is 5.56 Å². The molecule has 3 N–H and O–H groups in total. The summed E-state index contributed by atoms with van der Waals surface area (Å²) in [5, 5.41) is 8.26. The summed E-state index contributed by atoms with van der Waals surface area (Å²) in [6.45, 7) is 0. The normalized spacial score (nSPS) is 7.54. The fourth-order valence-corrected chi connectivity index (χ4v) is 0.524. The van der Waals surface area contributed by atoms with Crippen molar-refractivity contribution >= 4 is 18.8 Å². The van der Waals surface area contributed by atoms with Crippen molar-refractivity contribution in [3.05, 3.63) is 35.6 Å². The van der Waals surface area contributed by atoms with Crippen LogP contribution in [0.25, 0.3) is 0 Å². The number of hydrogen-bond donors (Lipinski definition) is 1. The van der Waals surface area contributed by atoms with Gasteiger partial charge in [0, 0.05) is 0 Å². The Hall–Kier alpha value is -0.132. The first-order valence-electron chi connectivity index (χ1n) is 2.72. The number of halogens is 3. The molecule has 0 heterocycles. The monoisotopic (exact) mass is 403 g/mol. The molecule has 2 nitrogen and oxygen atoms in total. The molecule has 6 heteroatoms. The Balaban J connectivity index is 0. The Morgan fingerprint density at radius 1 is 1.23 bits per heavy atom. The molecule has 1 aromatic carbocycles. The Morgan fingerprint density at radius 2 is 1.62 bits per heavy atom. The third-order valence-corrected chi connectivity index (χ3v) is 0.973. The summed E-state index contributed by atoms with van der Waals surface area (Å²) >= 11 is -0.472. The molecule has 0 amide bonds. The fourth-order valence-electron chi connectivity index (χ4n) is 0.524. The maximum absolute atomic E-state index is 12.1. The van der Waals surface area contributed by atoms with Gasteiger partial charge in [0.1, 0.15) is 5.82 Å². The average Bonchev–Trinajstić information content (AvgIpc) is 2.07. The third-order valence-electron chi connectivity index (χ3n) is 0.973. The first kappa shape index (κ1) is 15.3. The van der Waals surface area contributed by atoms with Crippen molar-refractivity contribution in [1.29, 1.82) is 5.26 Å². The van der Waals surface area contributed by atoms with Crippen LogP contribution in [0.5, 0.6) is 0 Å². The molecule has 0 saturated heterocycles. The van der Waals surface area contributed by atoms with Crippen molar-refractivity contribution in [2.45, 2.75) is 0 Å². The summed E-state index contributed by atoms with van der Waals surface area (Å²) in [7, 11) is 9.75. The van der Waals surface area contributed by atoms with Crippen LogP contribution in [0.4, 0.5) is 4.39 Å². The molecule has 0 unspecified atom stereocenters.